The second-order valence-electron chi connectivity index (χ2n) is 8.40. The monoisotopic (exact) mass is 406 g/mol. The molecule has 0 aromatic rings. The summed E-state index contributed by atoms with van der Waals surface area (Å²) in [6, 6.07) is 0. The molecule has 0 aromatic heterocycles. The van der Waals surface area contributed by atoms with E-state index in [1.165, 1.54) is 77.0 Å². The van der Waals surface area contributed by atoms with Crippen molar-refractivity contribution >= 4 is 11.8 Å². The minimum absolute atomic E-state index is 0.0258. The topological polar surface area (TPSA) is 75.7 Å². The zero-order valence-electron chi connectivity index (χ0n) is 18.8. The molecule has 0 aromatic carbocycles. The Morgan fingerprint density at radius 3 is 2.14 bits per heavy atom. The first-order chi connectivity index (χ1) is 14.0. The number of hydrogen-bond acceptors (Lipinski definition) is 3. The maximum Gasteiger partial charge on any atom is 0.360 e. The molecule has 5 heteroatoms. The lowest BCUT2D eigenvalue weighted by Crippen LogP contribution is -2.59. The van der Waals surface area contributed by atoms with Crippen molar-refractivity contribution < 1.29 is 14.4 Å². The number of amidine groups is 1. The molecule has 166 valence electrons. The Kier molecular flexibility index (Phi) is 13.6. The Hall–Kier alpha value is -1.46. The van der Waals surface area contributed by atoms with Crippen molar-refractivity contribution in [3.8, 4) is 0 Å². The van der Waals surface area contributed by atoms with Gasteiger partial charge in [-0.1, -0.05) is 76.9 Å². The molecule has 2 atom stereocenters. The summed E-state index contributed by atoms with van der Waals surface area (Å²) < 4.78 is 0.170. The van der Waals surface area contributed by atoms with Crippen LogP contribution >= 0.6 is 0 Å². The summed E-state index contributed by atoms with van der Waals surface area (Å²) in [7, 11) is 0. The molecule has 3 N–H and O–H groups in total. The largest absolute Gasteiger partial charge is 0.477 e. The molecule has 0 amide bonds. The number of carbonyl (C=O) groups is 1. The van der Waals surface area contributed by atoms with E-state index in [-0.39, 0.29) is 17.2 Å². The Bertz CT molecular complexity index is 540. The zero-order valence-corrected chi connectivity index (χ0v) is 18.8. The van der Waals surface area contributed by atoms with E-state index in [1.807, 2.05) is 13.1 Å². The molecule has 2 unspecified atom stereocenters. The third kappa shape index (κ3) is 10.2. The first-order valence-electron chi connectivity index (χ1n) is 11.8. The second-order valence-corrected chi connectivity index (χ2v) is 8.40. The van der Waals surface area contributed by atoms with Crippen LogP contribution in [0.3, 0.4) is 0 Å². The number of nitrogens with two attached hydrogens (primary N) is 1. The number of nitrogens with zero attached hydrogens (tertiary/aromatic N) is 2. The lowest BCUT2D eigenvalue weighted by atomic mass is 10.0. The summed E-state index contributed by atoms with van der Waals surface area (Å²) in [5.74, 6) is 0.0569. The summed E-state index contributed by atoms with van der Waals surface area (Å²) in [6.07, 6.45) is 25.3. The fourth-order valence-electron chi connectivity index (χ4n) is 3.95. The molecule has 0 spiro atoms. The van der Waals surface area contributed by atoms with E-state index < -0.39 is 5.97 Å². The fraction of sp³-hybridized carbons (Fsp3) is 0.750. The lowest BCUT2D eigenvalue weighted by molar-refractivity contribution is -0.805. The number of carboxylic acid groups (broad SMARTS) is 1. The molecule has 0 aliphatic carbocycles. The molecule has 1 rings (SSSR count). The van der Waals surface area contributed by atoms with Crippen molar-refractivity contribution in [2.45, 2.75) is 110 Å². The van der Waals surface area contributed by atoms with Crippen molar-refractivity contribution in [1.82, 2.24) is 0 Å². The van der Waals surface area contributed by atoms with Crippen LogP contribution in [0, 0.1) is 0 Å². The molecule has 1 heterocycles. The van der Waals surface area contributed by atoms with Gasteiger partial charge in [0.2, 0.25) is 5.84 Å². The normalized spacial score (nSPS) is 19.8. The Balaban J connectivity index is 2.02. The van der Waals surface area contributed by atoms with Crippen molar-refractivity contribution in [2.75, 3.05) is 6.54 Å². The maximum absolute atomic E-state index is 11.3. The minimum atomic E-state index is -0.838. The van der Waals surface area contributed by atoms with E-state index in [4.69, 9.17) is 5.73 Å². The molecular formula is C24H44N3O2+. The average Bonchev–Trinajstić information content (AvgIpc) is 3.08. The van der Waals surface area contributed by atoms with Gasteiger partial charge in [-0.15, -0.1) is 0 Å². The van der Waals surface area contributed by atoms with Crippen molar-refractivity contribution in [2.24, 2.45) is 10.7 Å². The van der Waals surface area contributed by atoms with Gasteiger partial charge in [0.15, 0.2) is 6.54 Å². The highest BCUT2D eigenvalue weighted by Crippen LogP contribution is 2.23. The highest BCUT2D eigenvalue weighted by atomic mass is 16.4. The molecule has 29 heavy (non-hydrogen) atoms. The predicted molar refractivity (Wildman–Crippen MR) is 122 cm³/mol. The number of rotatable bonds is 18. The highest BCUT2D eigenvalue weighted by molar-refractivity contribution is 5.81. The van der Waals surface area contributed by atoms with Crippen LogP contribution in [0.4, 0.5) is 0 Å². The number of hydrogen-bond donors (Lipinski definition) is 2. The van der Waals surface area contributed by atoms with Crippen LogP contribution in [0.25, 0.3) is 0 Å². The lowest BCUT2D eigenvalue weighted by Gasteiger charge is -2.34. The zero-order chi connectivity index (χ0) is 21.4. The SMILES string of the molecule is CCC/C=C/CCCCCCCCCCCCC1=NC=C[N+]1(CC(=O)O)C(C)N. The smallest absolute Gasteiger partial charge is 0.360 e. The van der Waals surface area contributed by atoms with E-state index in [0.29, 0.717) is 0 Å². The van der Waals surface area contributed by atoms with Crippen LogP contribution in [-0.2, 0) is 4.79 Å². The molecule has 0 saturated carbocycles. The Morgan fingerprint density at radius 1 is 1.03 bits per heavy atom. The van der Waals surface area contributed by atoms with Gasteiger partial charge < -0.3 is 5.11 Å². The minimum Gasteiger partial charge on any atom is -0.477 e. The second kappa shape index (κ2) is 15.4. The summed E-state index contributed by atoms with van der Waals surface area (Å²) >= 11 is 0. The molecular weight excluding hydrogens is 362 g/mol. The quantitative estimate of drug-likeness (QED) is 0.164. The van der Waals surface area contributed by atoms with Crippen LogP contribution in [0.15, 0.2) is 29.5 Å². The van der Waals surface area contributed by atoms with Gasteiger partial charge in [-0.05, 0) is 25.7 Å². The summed E-state index contributed by atoms with van der Waals surface area (Å²) in [5.41, 5.74) is 6.10. The van der Waals surface area contributed by atoms with Gasteiger partial charge >= 0.3 is 5.97 Å². The number of allylic oxidation sites excluding steroid dienone is 2. The average molecular weight is 407 g/mol. The van der Waals surface area contributed by atoms with Crippen molar-refractivity contribution in [3.05, 3.63) is 24.6 Å². The first kappa shape index (κ1) is 25.6. The van der Waals surface area contributed by atoms with E-state index in [0.717, 1.165) is 18.7 Å². The number of aliphatic imine (C=N–C) groups is 1. The molecule has 0 fully saturated rings. The number of unbranched alkanes of at least 4 members (excludes halogenated alkanes) is 11. The van der Waals surface area contributed by atoms with Crippen LogP contribution in [-0.4, -0.2) is 34.1 Å². The Morgan fingerprint density at radius 2 is 1.59 bits per heavy atom. The van der Waals surface area contributed by atoms with E-state index in [1.54, 1.807) is 6.20 Å². The highest BCUT2D eigenvalue weighted by Gasteiger charge is 2.40. The van der Waals surface area contributed by atoms with Crippen LogP contribution in [0.1, 0.15) is 104 Å². The summed E-state index contributed by atoms with van der Waals surface area (Å²) in [6.45, 7) is 4.06. The van der Waals surface area contributed by atoms with Crippen LogP contribution in [0.5, 0.6) is 0 Å². The van der Waals surface area contributed by atoms with Crippen molar-refractivity contribution in [3.63, 3.8) is 0 Å². The first-order valence-corrected chi connectivity index (χ1v) is 11.8. The standard InChI is InChI=1S/C24H43N3O2/c1-3-4-5-6-7-8-9-10-11-12-13-14-15-16-17-18-23-26-19-20-27(23,22(2)25)21-24(28)29/h5-6,19-20,22H,3-4,7-18,21,25H2,1-2H3/p+1/b6-5+. The molecule has 1 aliphatic rings. The summed E-state index contributed by atoms with van der Waals surface area (Å²) in [5, 5.41) is 9.25. The number of carboxylic acids is 1. The van der Waals surface area contributed by atoms with Crippen molar-refractivity contribution in [1.29, 1.82) is 0 Å². The molecule has 1 aliphatic heterocycles. The molecule has 0 bridgehead atoms. The van der Waals surface area contributed by atoms with E-state index >= 15 is 0 Å². The maximum atomic E-state index is 11.3. The molecule has 5 nitrogen and oxygen atoms in total. The molecule has 0 saturated heterocycles. The van der Waals surface area contributed by atoms with Gasteiger partial charge in [-0.2, -0.15) is 0 Å². The Labute approximate surface area is 178 Å². The van der Waals surface area contributed by atoms with Crippen LogP contribution in [0.2, 0.25) is 0 Å². The van der Waals surface area contributed by atoms with E-state index in [9.17, 15) is 9.90 Å². The molecule has 0 radical (unpaired) electrons. The van der Waals surface area contributed by atoms with Gasteiger partial charge in [0, 0.05) is 13.3 Å². The van der Waals surface area contributed by atoms with Crippen LogP contribution < -0.4 is 5.73 Å². The number of aliphatic carboxylic acids is 1. The van der Waals surface area contributed by atoms with Gasteiger partial charge in [0.05, 0.1) is 6.20 Å². The number of quaternary nitrogens is 1. The predicted octanol–water partition coefficient (Wildman–Crippen LogP) is 6.11. The van der Waals surface area contributed by atoms with Gasteiger partial charge in [-0.3, -0.25) is 5.73 Å². The summed E-state index contributed by atoms with van der Waals surface area (Å²) in [4.78, 5) is 15.7. The third-order valence-electron chi connectivity index (χ3n) is 5.80. The fourth-order valence-corrected chi connectivity index (χ4v) is 3.95. The third-order valence-corrected chi connectivity index (χ3v) is 5.80. The van der Waals surface area contributed by atoms with Gasteiger partial charge in [-0.25, -0.2) is 14.3 Å². The van der Waals surface area contributed by atoms with E-state index in [2.05, 4.69) is 24.1 Å². The van der Waals surface area contributed by atoms with Gasteiger partial charge in [0.25, 0.3) is 0 Å². The van der Waals surface area contributed by atoms with Gasteiger partial charge in [0.1, 0.15) is 12.4 Å².